The highest BCUT2D eigenvalue weighted by Crippen LogP contribution is 2.30. The van der Waals surface area contributed by atoms with Crippen LogP contribution in [0.1, 0.15) is 29.5 Å². The molecule has 0 unspecified atom stereocenters. The van der Waals surface area contributed by atoms with Crippen molar-refractivity contribution in [2.24, 2.45) is 0 Å². The number of carbonyl (C=O) groups is 1. The summed E-state index contributed by atoms with van der Waals surface area (Å²) in [5, 5.41) is 8.58. The van der Waals surface area contributed by atoms with Crippen LogP contribution in [0.3, 0.4) is 0 Å². The number of aryl methyl sites for hydroxylation is 1. The van der Waals surface area contributed by atoms with E-state index >= 15 is 0 Å². The second-order valence-electron chi connectivity index (χ2n) is 4.02. The SMILES string of the molecule is O=C(O)/C=C/c1cc(Br)c2c(c1)CCCC2. The van der Waals surface area contributed by atoms with Gasteiger partial charge in [0.05, 0.1) is 0 Å². The zero-order valence-electron chi connectivity index (χ0n) is 8.87. The Labute approximate surface area is 103 Å². The molecule has 0 bridgehead atoms. The van der Waals surface area contributed by atoms with Crippen molar-refractivity contribution in [2.45, 2.75) is 25.7 Å². The molecular weight excluding hydrogens is 268 g/mol. The van der Waals surface area contributed by atoms with Gasteiger partial charge >= 0.3 is 5.97 Å². The Morgan fingerprint density at radius 3 is 2.81 bits per heavy atom. The lowest BCUT2D eigenvalue weighted by Crippen LogP contribution is -2.03. The Kier molecular flexibility index (Phi) is 3.44. The van der Waals surface area contributed by atoms with Gasteiger partial charge in [-0.2, -0.15) is 0 Å². The highest BCUT2D eigenvalue weighted by atomic mass is 79.9. The third-order valence-electron chi connectivity index (χ3n) is 2.85. The lowest BCUT2D eigenvalue weighted by Gasteiger charge is -2.17. The van der Waals surface area contributed by atoms with Gasteiger partial charge in [-0.15, -0.1) is 0 Å². The first kappa shape index (κ1) is 11.4. The van der Waals surface area contributed by atoms with Crippen molar-refractivity contribution >= 4 is 28.0 Å². The van der Waals surface area contributed by atoms with Gasteiger partial charge in [-0.05, 0) is 54.5 Å². The molecule has 0 saturated heterocycles. The largest absolute Gasteiger partial charge is 0.478 e. The molecule has 0 aromatic heterocycles. The molecule has 1 N–H and O–H groups in total. The first-order valence-electron chi connectivity index (χ1n) is 5.39. The normalized spacial score (nSPS) is 15.1. The van der Waals surface area contributed by atoms with E-state index in [9.17, 15) is 4.79 Å². The van der Waals surface area contributed by atoms with Gasteiger partial charge in [0.1, 0.15) is 0 Å². The summed E-state index contributed by atoms with van der Waals surface area (Å²) in [5.41, 5.74) is 3.69. The zero-order valence-corrected chi connectivity index (χ0v) is 10.5. The van der Waals surface area contributed by atoms with Crippen molar-refractivity contribution in [3.63, 3.8) is 0 Å². The van der Waals surface area contributed by atoms with Crippen molar-refractivity contribution in [1.29, 1.82) is 0 Å². The lowest BCUT2D eigenvalue weighted by atomic mass is 9.90. The van der Waals surface area contributed by atoms with Crippen LogP contribution in [0.15, 0.2) is 22.7 Å². The summed E-state index contributed by atoms with van der Waals surface area (Å²) in [6, 6.07) is 4.09. The van der Waals surface area contributed by atoms with Crippen LogP contribution in [0.4, 0.5) is 0 Å². The smallest absolute Gasteiger partial charge is 0.328 e. The molecule has 3 heteroatoms. The first-order chi connectivity index (χ1) is 7.66. The maximum absolute atomic E-state index is 10.4. The summed E-state index contributed by atoms with van der Waals surface area (Å²) in [5.74, 6) is -0.908. The van der Waals surface area contributed by atoms with E-state index in [0.717, 1.165) is 22.9 Å². The molecule has 1 aromatic rings. The maximum Gasteiger partial charge on any atom is 0.328 e. The summed E-state index contributed by atoms with van der Waals surface area (Å²) in [4.78, 5) is 10.4. The fraction of sp³-hybridized carbons (Fsp3) is 0.308. The fourth-order valence-electron chi connectivity index (χ4n) is 2.10. The van der Waals surface area contributed by atoms with E-state index in [1.165, 1.54) is 30.0 Å². The van der Waals surface area contributed by atoms with Gasteiger partial charge in [-0.25, -0.2) is 4.79 Å². The molecule has 0 atom stereocenters. The summed E-state index contributed by atoms with van der Waals surface area (Å²) in [7, 11) is 0. The highest BCUT2D eigenvalue weighted by molar-refractivity contribution is 9.10. The predicted molar refractivity (Wildman–Crippen MR) is 67.5 cm³/mol. The number of hydrogen-bond donors (Lipinski definition) is 1. The number of fused-ring (bicyclic) bond motifs is 1. The van der Waals surface area contributed by atoms with E-state index in [1.54, 1.807) is 6.08 Å². The second kappa shape index (κ2) is 4.83. The van der Waals surface area contributed by atoms with Gasteiger partial charge in [0, 0.05) is 10.5 Å². The van der Waals surface area contributed by atoms with Gasteiger partial charge in [0.25, 0.3) is 0 Å². The second-order valence-corrected chi connectivity index (χ2v) is 4.87. The maximum atomic E-state index is 10.4. The van der Waals surface area contributed by atoms with Gasteiger partial charge in [-0.1, -0.05) is 22.0 Å². The zero-order chi connectivity index (χ0) is 11.5. The van der Waals surface area contributed by atoms with E-state index in [-0.39, 0.29) is 0 Å². The number of aliphatic carboxylic acids is 1. The molecule has 0 aliphatic heterocycles. The van der Waals surface area contributed by atoms with Crippen molar-refractivity contribution in [2.75, 3.05) is 0 Å². The minimum atomic E-state index is -0.908. The van der Waals surface area contributed by atoms with E-state index in [1.807, 2.05) is 6.07 Å². The van der Waals surface area contributed by atoms with Crippen LogP contribution in [0.5, 0.6) is 0 Å². The predicted octanol–water partition coefficient (Wildman–Crippen LogP) is 3.43. The van der Waals surface area contributed by atoms with Gasteiger partial charge < -0.3 is 5.11 Å². The summed E-state index contributed by atoms with van der Waals surface area (Å²) >= 11 is 3.56. The molecule has 2 rings (SSSR count). The van der Waals surface area contributed by atoms with Crippen LogP contribution in [-0.4, -0.2) is 11.1 Å². The average Bonchev–Trinajstić information content (AvgIpc) is 2.26. The summed E-state index contributed by atoms with van der Waals surface area (Å²) in [6.07, 6.45) is 7.52. The molecule has 2 nitrogen and oxygen atoms in total. The molecule has 0 radical (unpaired) electrons. The van der Waals surface area contributed by atoms with Gasteiger partial charge in [0.2, 0.25) is 0 Å². The topological polar surface area (TPSA) is 37.3 Å². The Balaban J connectivity index is 2.35. The molecule has 0 amide bonds. The van der Waals surface area contributed by atoms with Crippen LogP contribution in [0.2, 0.25) is 0 Å². The van der Waals surface area contributed by atoms with E-state index in [4.69, 9.17) is 5.11 Å². The minimum Gasteiger partial charge on any atom is -0.478 e. The molecule has 0 heterocycles. The Hall–Kier alpha value is -1.09. The molecule has 1 aliphatic rings. The monoisotopic (exact) mass is 280 g/mol. The summed E-state index contributed by atoms with van der Waals surface area (Å²) in [6.45, 7) is 0. The minimum absolute atomic E-state index is 0.908. The fourth-order valence-corrected chi connectivity index (χ4v) is 2.82. The molecular formula is C13H13BrO2. The number of carboxylic acids is 1. The van der Waals surface area contributed by atoms with Gasteiger partial charge in [-0.3, -0.25) is 0 Å². The number of halogens is 1. The molecule has 0 fully saturated rings. The molecule has 84 valence electrons. The third-order valence-corrected chi connectivity index (χ3v) is 3.56. The van der Waals surface area contributed by atoms with Crippen molar-refractivity contribution in [3.8, 4) is 0 Å². The van der Waals surface area contributed by atoms with E-state index in [2.05, 4.69) is 22.0 Å². The Morgan fingerprint density at radius 2 is 2.06 bits per heavy atom. The van der Waals surface area contributed by atoms with Crippen molar-refractivity contribution in [3.05, 3.63) is 39.4 Å². The first-order valence-corrected chi connectivity index (χ1v) is 6.18. The number of hydrogen-bond acceptors (Lipinski definition) is 1. The van der Waals surface area contributed by atoms with Crippen LogP contribution < -0.4 is 0 Å². The Bertz CT molecular complexity index is 449. The van der Waals surface area contributed by atoms with Crippen LogP contribution in [0, 0.1) is 0 Å². The van der Waals surface area contributed by atoms with Crippen molar-refractivity contribution < 1.29 is 9.90 Å². The number of carboxylic acid groups (broad SMARTS) is 1. The third kappa shape index (κ3) is 2.53. The number of benzene rings is 1. The average molecular weight is 281 g/mol. The Morgan fingerprint density at radius 1 is 1.31 bits per heavy atom. The number of rotatable bonds is 2. The molecule has 1 aliphatic carbocycles. The summed E-state index contributed by atoms with van der Waals surface area (Å²) < 4.78 is 1.11. The quantitative estimate of drug-likeness (QED) is 0.843. The molecule has 16 heavy (non-hydrogen) atoms. The molecule has 0 spiro atoms. The molecule has 0 saturated carbocycles. The van der Waals surface area contributed by atoms with Crippen LogP contribution in [-0.2, 0) is 17.6 Å². The van der Waals surface area contributed by atoms with E-state index in [0.29, 0.717) is 0 Å². The van der Waals surface area contributed by atoms with Gasteiger partial charge in [0.15, 0.2) is 0 Å². The van der Waals surface area contributed by atoms with Crippen LogP contribution in [0.25, 0.3) is 6.08 Å². The van der Waals surface area contributed by atoms with Crippen molar-refractivity contribution in [1.82, 2.24) is 0 Å². The molecule has 1 aromatic carbocycles. The highest BCUT2D eigenvalue weighted by Gasteiger charge is 2.12. The van der Waals surface area contributed by atoms with Crippen LogP contribution >= 0.6 is 15.9 Å². The standard InChI is InChI=1S/C13H13BrO2/c14-12-8-9(5-6-13(15)16)7-10-3-1-2-4-11(10)12/h5-8H,1-4H2,(H,15,16)/b6-5+. The lowest BCUT2D eigenvalue weighted by molar-refractivity contribution is -0.131. The van der Waals surface area contributed by atoms with E-state index < -0.39 is 5.97 Å².